The number of hydrogen-bond donors (Lipinski definition) is 1. The van der Waals surface area contributed by atoms with Crippen LogP contribution in [0.15, 0.2) is 65.6 Å². The van der Waals surface area contributed by atoms with Gasteiger partial charge in [-0.15, -0.1) is 0 Å². The normalized spacial score (nSPS) is 11.0. The molecule has 0 spiro atoms. The summed E-state index contributed by atoms with van der Waals surface area (Å²) in [5, 5.41) is 4.74. The number of aromatic nitrogens is 4. The van der Waals surface area contributed by atoms with Crippen LogP contribution < -0.4 is 10.5 Å². The Morgan fingerprint density at radius 3 is 2.70 bits per heavy atom. The summed E-state index contributed by atoms with van der Waals surface area (Å²) in [4.78, 5) is 21.9. The van der Waals surface area contributed by atoms with Crippen molar-refractivity contribution in [2.24, 2.45) is 0 Å². The van der Waals surface area contributed by atoms with Gasteiger partial charge in [0.25, 0.3) is 5.56 Å². The predicted octanol–water partition coefficient (Wildman–Crippen LogP) is 3.27. The van der Waals surface area contributed by atoms with E-state index in [2.05, 4.69) is 15.1 Å². The average Bonchev–Trinajstić information content (AvgIpc) is 3.11. The molecule has 27 heavy (non-hydrogen) atoms. The highest BCUT2D eigenvalue weighted by atomic mass is 19.1. The zero-order valence-electron chi connectivity index (χ0n) is 14.8. The van der Waals surface area contributed by atoms with E-state index in [9.17, 15) is 9.18 Å². The molecule has 4 rings (SSSR count). The van der Waals surface area contributed by atoms with Crippen LogP contribution in [0.4, 0.5) is 10.3 Å². The summed E-state index contributed by atoms with van der Waals surface area (Å²) in [5.74, 6) is 0.138. The maximum atomic E-state index is 13.5. The van der Waals surface area contributed by atoms with E-state index in [1.54, 1.807) is 10.7 Å². The Labute approximate surface area is 154 Å². The first-order valence-corrected chi connectivity index (χ1v) is 8.68. The molecule has 0 saturated carbocycles. The summed E-state index contributed by atoms with van der Waals surface area (Å²) in [5.41, 5.74) is 1.86. The van der Waals surface area contributed by atoms with Crippen LogP contribution in [0.1, 0.15) is 12.5 Å². The summed E-state index contributed by atoms with van der Waals surface area (Å²) >= 11 is 0. The first-order chi connectivity index (χ1) is 13.2. The van der Waals surface area contributed by atoms with Crippen LogP contribution in [0.5, 0.6) is 0 Å². The molecular formula is C20H18FN5O. The molecule has 136 valence electrons. The number of anilines is 1. The van der Waals surface area contributed by atoms with E-state index < -0.39 is 0 Å². The fraction of sp³-hybridized carbons (Fsp3) is 0.150. The molecule has 0 aliphatic carbocycles. The molecule has 0 atom stereocenters. The molecule has 0 bridgehead atoms. The molecule has 0 amide bonds. The number of nitrogens with zero attached hydrogens (tertiary/aromatic N) is 4. The lowest BCUT2D eigenvalue weighted by Gasteiger charge is -2.21. The number of hydrogen-bond acceptors (Lipinski definition) is 4. The Balaban J connectivity index is 1.78. The molecule has 2 heterocycles. The van der Waals surface area contributed by atoms with E-state index >= 15 is 0 Å². The number of nitrogens with one attached hydrogen (secondary N) is 1. The Bertz CT molecular complexity index is 1140. The predicted molar refractivity (Wildman–Crippen MR) is 103 cm³/mol. The van der Waals surface area contributed by atoms with E-state index in [0.717, 1.165) is 11.3 Å². The van der Waals surface area contributed by atoms with Crippen molar-refractivity contribution in [3.8, 4) is 5.69 Å². The summed E-state index contributed by atoms with van der Waals surface area (Å²) in [6, 6.07) is 15.9. The lowest BCUT2D eigenvalue weighted by Crippen LogP contribution is -2.27. The minimum Gasteiger partial charge on any atom is -0.338 e. The van der Waals surface area contributed by atoms with Crippen molar-refractivity contribution in [1.82, 2.24) is 19.7 Å². The second kappa shape index (κ2) is 7.03. The molecule has 0 unspecified atom stereocenters. The summed E-state index contributed by atoms with van der Waals surface area (Å²) in [6.07, 6.45) is 1.51. The average molecular weight is 363 g/mol. The number of para-hydroxylation sites is 1. The van der Waals surface area contributed by atoms with Gasteiger partial charge in [0.05, 0.1) is 11.9 Å². The van der Waals surface area contributed by atoms with Gasteiger partial charge >= 0.3 is 0 Å². The molecule has 0 aliphatic rings. The fourth-order valence-corrected chi connectivity index (χ4v) is 3.01. The van der Waals surface area contributed by atoms with Crippen LogP contribution in [0.25, 0.3) is 16.7 Å². The smallest absolute Gasteiger partial charge is 0.263 e. The Morgan fingerprint density at radius 1 is 1.15 bits per heavy atom. The lowest BCUT2D eigenvalue weighted by atomic mass is 10.2. The molecule has 6 nitrogen and oxygen atoms in total. The summed E-state index contributed by atoms with van der Waals surface area (Å²) < 4.78 is 15.1. The third-order valence-corrected chi connectivity index (χ3v) is 4.37. The first-order valence-electron chi connectivity index (χ1n) is 8.68. The van der Waals surface area contributed by atoms with Crippen LogP contribution >= 0.6 is 0 Å². The van der Waals surface area contributed by atoms with E-state index in [-0.39, 0.29) is 11.4 Å². The molecule has 2 aromatic carbocycles. The van der Waals surface area contributed by atoms with Crippen molar-refractivity contribution in [2.45, 2.75) is 13.5 Å². The number of benzene rings is 2. The van der Waals surface area contributed by atoms with Crippen LogP contribution in [0, 0.1) is 5.82 Å². The van der Waals surface area contributed by atoms with Crippen molar-refractivity contribution in [3.63, 3.8) is 0 Å². The number of rotatable bonds is 5. The largest absolute Gasteiger partial charge is 0.338 e. The zero-order valence-corrected chi connectivity index (χ0v) is 14.8. The number of H-pyrrole nitrogens is 1. The lowest BCUT2D eigenvalue weighted by molar-refractivity contribution is 0.624. The van der Waals surface area contributed by atoms with Gasteiger partial charge in [-0.3, -0.25) is 9.78 Å². The van der Waals surface area contributed by atoms with E-state index in [4.69, 9.17) is 0 Å². The second-order valence-electron chi connectivity index (χ2n) is 6.16. The highest BCUT2D eigenvalue weighted by Crippen LogP contribution is 2.18. The molecule has 2 aromatic heterocycles. The number of halogens is 1. The molecule has 0 aliphatic heterocycles. The van der Waals surface area contributed by atoms with E-state index in [1.807, 2.05) is 48.2 Å². The molecular weight excluding hydrogens is 345 g/mol. The Morgan fingerprint density at radius 2 is 1.96 bits per heavy atom. The van der Waals surface area contributed by atoms with Crippen LogP contribution in [-0.4, -0.2) is 26.3 Å². The third-order valence-electron chi connectivity index (χ3n) is 4.37. The van der Waals surface area contributed by atoms with Gasteiger partial charge in [-0.05, 0) is 36.8 Å². The van der Waals surface area contributed by atoms with Crippen molar-refractivity contribution in [1.29, 1.82) is 0 Å². The maximum absolute atomic E-state index is 13.5. The number of fused-ring (bicyclic) bond motifs is 1. The Hall–Kier alpha value is -3.48. The molecule has 4 aromatic rings. The molecule has 0 saturated heterocycles. The minimum absolute atomic E-state index is 0.255. The second-order valence-corrected chi connectivity index (χ2v) is 6.16. The van der Waals surface area contributed by atoms with Gasteiger partial charge in [0, 0.05) is 13.1 Å². The van der Waals surface area contributed by atoms with Gasteiger partial charge in [-0.25, -0.2) is 9.07 Å². The summed E-state index contributed by atoms with van der Waals surface area (Å²) in [7, 11) is 0. The fourth-order valence-electron chi connectivity index (χ4n) is 3.01. The standard InChI is InChI=1S/C20H18FN5O/c1-2-25(13-14-7-6-8-15(21)11-14)20-23-18-17(19(27)24-20)12-22-26(18)16-9-4-3-5-10-16/h3-12H,2,13H2,1H3,(H,23,24,27). The number of aromatic amines is 1. The highest BCUT2D eigenvalue weighted by Gasteiger charge is 2.15. The molecule has 0 fully saturated rings. The Kier molecular flexibility index (Phi) is 4.42. The van der Waals surface area contributed by atoms with Gasteiger partial charge in [-0.1, -0.05) is 30.3 Å². The molecule has 7 heteroatoms. The van der Waals surface area contributed by atoms with Crippen molar-refractivity contribution in [3.05, 3.63) is 82.5 Å². The maximum Gasteiger partial charge on any atom is 0.263 e. The minimum atomic E-state index is -0.289. The van der Waals surface area contributed by atoms with Crippen LogP contribution in [0.2, 0.25) is 0 Å². The van der Waals surface area contributed by atoms with E-state index in [1.165, 1.54) is 18.3 Å². The van der Waals surface area contributed by atoms with Crippen LogP contribution in [0.3, 0.4) is 0 Å². The van der Waals surface area contributed by atoms with Gasteiger partial charge in [0.2, 0.25) is 5.95 Å². The highest BCUT2D eigenvalue weighted by molar-refractivity contribution is 5.76. The van der Waals surface area contributed by atoms with Gasteiger partial charge < -0.3 is 4.90 Å². The topological polar surface area (TPSA) is 66.8 Å². The summed E-state index contributed by atoms with van der Waals surface area (Å²) in [6.45, 7) is 2.99. The van der Waals surface area contributed by atoms with Gasteiger partial charge in [0.15, 0.2) is 5.65 Å². The third kappa shape index (κ3) is 3.31. The monoisotopic (exact) mass is 363 g/mol. The van der Waals surface area contributed by atoms with Gasteiger partial charge in [0.1, 0.15) is 11.2 Å². The first kappa shape index (κ1) is 17.0. The SMILES string of the molecule is CCN(Cc1cccc(F)c1)c1nc2c(cnn2-c2ccccc2)c(=O)[nH]1. The molecule has 1 N–H and O–H groups in total. The zero-order chi connectivity index (χ0) is 18.8. The van der Waals surface area contributed by atoms with Gasteiger partial charge in [-0.2, -0.15) is 10.1 Å². The van der Waals surface area contributed by atoms with E-state index in [0.29, 0.717) is 30.1 Å². The molecule has 0 radical (unpaired) electrons. The quantitative estimate of drug-likeness (QED) is 0.591. The van der Waals surface area contributed by atoms with Crippen LogP contribution in [-0.2, 0) is 6.54 Å². The van der Waals surface area contributed by atoms with Crippen molar-refractivity contribution in [2.75, 3.05) is 11.4 Å². The van der Waals surface area contributed by atoms with Crippen molar-refractivity contribution < 1.29 is 4.39 Å². The van der Waals surface area contributed by atoms with Crippen molar-refractivity contribution >= 4 is 17.0 Å².